The molecule has 0 atom stereocenters. The summed E-state index contributed by atoms with van der Waals surface area (Å²) >= 11 is 0. The molecule has 0 unspecified atom stereocenters. The third-order valence-electron chi connectivity index (χ3n) is 0.793. The topological polar surface area (TPSA) is 20.2 Å². The molecule has 0 rings (SSSR count). The molecular weight excluding hydrogens is 119 g/mol. The van der Waals surface area contributed by atoms with E-state index in [9.17, 15) is 4.39 Å². The van der Waals surface area contributed by atoms with Crippen LogP contribution in [0.5, 0.6) is 0 Å². The number of rotatable bonds is 3. The third kappa shape index (κ3) is 2.82. The SMILES string of the molecule is C=C/C=C(/F)C(=C)CO. The van der Waals surface area contributed by atoms with Gasteiger partial charge in [0, 0.05) is 5.57 Å². The van der Waals surface area contributed by atoms with E-state index < -0.39 is 5.83 Å². The van der Waals surface area contributed by atoms with Crippen LogP contribution in [0, 0.1) is 0 Å². The average molecular weight is 128 g/mol. The molecular formula is C7H9FO. The summed E-state index contributed by atoms with van der Waals surface area (Å²) in [5.41, 5.74) is 0.0786. The van der Waals surface area contributed by atoms with Gasteiger partial charge in [-0.05, 0) is 6.08 Å². The summed E-state index contributed by atoms with van der Waals surface area (Å²) in [4.78, 5) is 0. The Kier molecular flexibility index (Phi) is 3.64. The second kappa shape index (κ2) is 4.04. The molecule has 0 aliphatic rings. The van der Waals surface area contributed by atoms with Crippen molar-refractivity contribution in [3.63, 3.8) is 0 Å². The van der Waals surface area contributed by atoms with Crippen molar-refractivity contribution in [1.29, 1.82) is 0 Å². The average Bonchev–Trinajstić information content (AvgIpc) is 1.87. The fourth-order valence-corrected chi connectivity index (χ4v) is 0.297. The highest BCUT2D eigenvalue weighted by atomic mass is 19.1. The lowest BCUT2D eigenvalue weighted by Gasteiger charge is -1.93. The molecule has 0 aliphatic heterocycles. The van der Waals surface area contributed by atoms with Crippen molar-refractivity contribution in [3.8, 4) is 0 Å². The van der Waals surface area contributed by atoms with E-state index in [-0.39, 0.29) is 12.2 Å². The molecule has 0 fully saturated rings. The van der Waals surface area contributed by atoms with Crippen LogP contribution in [0.25, 0.3) is 0 Å². The Morgan fingerprint density at radius 2 is 2.22 bits per heavy atom. The molecule has 0 heterocycles. The maximum atomic E-state index is 12.3. The zero-order valence-corrected chi connectivity index (χ0v) is 5.10. The molecule has 0 saturated carbocycles. The summed E-state index contributed by atoms with van der Waals surface area (Å²) in [6, 6.07) is 0. The first-order valence-corrected chi connectivity index (χ1v) is 2.49. The van der Waals surface area contributed by atoms with E-state index in [4.69, 9.17) is 5.11 Å². The summed E-state index contributed by atoms with van der Waals surface area (Å²) in [6.07, 6.45) is 2.45. The van der Waals surface area contributed by atoms with Crippen molar-refractivity contribution in [2.75, 3.05) is 6.61 Å². The molecule has 0 aliphatic carbocycles. The van der Waals surface area contributed by atoms with Gasteiger partial charge in [0.2, 0.25) is 0 Å². The molecule has 0 aromatic rings. The van der Waals surface area contributed by atoms with E-state index in [1.807, 2.05) is 0 Å². The molecule has 50 valence electrons. The molecule has 0 amide bonds. The lowest BCUT2D eigenvalue weighted by molar-refractivity contribution is 0.328. The van der Waals surface area contributed by atoms with Crippen molar-refractivity contribution >= 4 is 0 Å². The van der Waals surface area contributed by atoms with Crippen LogP contribution in [0.3, 0.4) is 0 Å². The number of allylic oxidation sites excluding steroid dienone is 2. The van der Waals surface area contributed by atoms with Gasteiger partial charge in [-0.15, -0.1) is 0 Å². The van der Waals surface area contributed by atoms with Crippen LogP contribution in [-0.4, -0.2) is 11.7 Å². The fraction of sp³-hybridized carbons (Fsp3) is 0.143. The molecule has 0 bridgehead atoms. The zero-order chi connectivity index (χ0) is 7.28. The minimum absolute atomic E-state index is 0.0786. The highest BCUT2D eigenvalue weighted by Crippen LogP contribution is 2.06. The van der Waals surface area contributed by atoms with Crippen molar-refractivity contribution in [2.24, 2.45) is 0 Å². The fourth-order valence-electron chi connectivity index (χ4n) is 0.297. The van der Waals surface area contributed by atoms with Crippen molar-refractivity contribution < 1.29 is 9.50 Å². The lowest BCUT2D eigenvalue weighted by atomic mass is 10.3. The Morgan fingerprint density at radius 3 is 2.56 bits per heavy atom. The normalized spacial score (nSPS) is 11.1. The Balaban J connectivity index is 4.01. The number of aliphatic hydroxyl groups excluding tert-OH is 1. The van der Waals surface area contributed by atoms with Crippen LogP contribution in [0.15, 0.2) is 36.7 Å². The number of hydrogen-bond acceptors (Lipinski definition) is 1. The second-order valence-corrected chi connectivity index (χ2v) is 1.51. The van der Waals surface area contributed by atoms with Crippen LogP contribution in [0.4, 0.5) is 4.39 Å². The van der Waals surface area contributed by atoms with Gasteiger partial charge >= 0.3 is 0 Å². The molecule has 0 spiro atoms. The Bertz CT molecular complexity index is 147. The van der Waals surface area contributed by atoms with Crippen LogP contribution < -0.4 is 0 Å². The summed E-state index contributed by atoms with van der Waals surface area (Å²) in [6.45, 7) is 6.18. The predicted molar refractivity (Wildman–Crippen MR) is 35.6 cm³/mol. The molecule has 1 nitrogen and oxygen atoms in total. The van der Waals surface area contributed by atoms with Gasteiger partial charge in [0.25, 0.3) is 0 Å². The molecule has 2 heteroatoms. The van der Waals surface area contributed by atoms with Crippen LogP contribution in [-0.2, 0) is 0 Å². The summed E-state index contributed by atoms with van der Waals surface area (Å²) < 4.78 is 12.3. The standard InChI is InChI=1S/C7H9FO/c1-3-4-7(8)6(2)5-9/h3-4,9H,1-2,5H2/b7-4+. The van der Waals surface area contributed by atoms with Gasteiger partial charge in [-0.1, -0.05) is 19.2 Å². The van der Waals surface area contributed by atoms with Gasteiger partial charge in [-0.25, -0.2) is 4.39 Å². The number of hydrogen-bond donors (Lipinski definition) is 1. The largest absolute Gasteiger partial charge is 0.392 e. The third-order valence-corrected chi connectivity index (χ3v) is 0.793. The van der Waals surface area contributed by atoms with Crippen molar-refractivity contribution in [1.82, 2.24) is 0 Å². The van der Waals surface area contributed by atoms with E-state index in [1.165, 1.54) is 6.08 Å². The summed E-state index contributed by atoms with van der Waals surface area (Å²) in [7, 11) is 0. The first-order valence-electron chi connectivity index (χ1n) is 2.49. The van der Waals surface area contributed by atoms with Gasteiger partial charge < -0.3 is 5.11 Å². The van der Waals surface area contributed by atoms with E-state index >= 15 is 0 Å². The molecule has 1 N–H and O–H groups in total. The lowest BCUT2D eigenvalue weighted by Crippen LogP contribution is -1.87. The highest BCUT2D eigenvalue weighted by molar-refractivity contribution is 5.24. The molecule has 9 heavy (non-hydrogen) atoms. The monoisotopic (exact) mass is 128 g/mol. The van der Waals surface area contributed by atoms with Gasteiger partial charge in [0.15, 0.2) is 0 Å². The van der Waals surface area contributed by atoms with E-state index in [2.05, 4.69) is 13.2 Å². The number of aliphatic hydroxyl groups is 1. The van der Waals surface area contributed by atoms with Crippen molar-refractivity contribution in [3.05, 3.63) is 36.7 Å². The van der Waals surface area contributed by atoms with E-state index in [1.54, 1.807) is 0 Å². The maximum absolute atomic E-state index is 12.3. The highest BCUT2D eigenvalue weighted by Gasteiger charge is 1.95. The first kappa shape index (κ1) is 8.11. The Labute approximate surface area is 53.8 Å². The van der Waals surface area contributed by atoms with Gasteiger partial charge in [0.1, 0.15) is 5.83 Å². The Hall–Kier alpha value is -0.890. The second-order valence-electron chi connectivity index (χ2n) is 1.51. The van der Waals surface area contributed by atoms with Crippen LogP contribution >= 0.6 is 0 Å². The molecule has 0 radical (unpaired) electrons. The van der Waals surface area contributed by atoms with Gasteiger partial charge in [-0.3, -0.25) is 0 Å². The van der Waals surface area contributed by atoms with E-state index in [0.717, 1.165) is 6.08 Å². The molecule has 0 saturated heterocycles. The minimum Gasteiger partial charge on any atom is -0.392 e. The number of halogens is 1. The Morgan fingerprint density at radius 1 is 1.67 bits per heavy atom. The zero-order valence-electron chi connectivity index (χ0n) is 5.10. The molecule has 0 aromatic heterocycles. The van der Waals surface area contributed by atoms with Gasteiger partial charge in [-0.2, -0.15) is 0 Å². The smallest absolute Gasteiger partial charge is 0.128 e. The molecule has 0 aromatic carbocycles. The van der Waals surface area contributed by atoms with Crippen LogP contribution in [0.2, 0.25) is 0 Å². The first-order chi connectivity index (χ1) is 4.22. The van der Waals surface area contributed by atoms with E-state index in [0.29, 0.717) is 0 Å². The quantitative estimate of drug-likeness (QED) is 0.572. The van der Waals surface area contributed by atoms with Crippen molar-refractivity contribution in [2.45, 2.75) is 0 Å². The van der Waals surface area contributed by atoms with Gasteiger partial charge in [0.05, 0.1) is 6.61 Å². The summed E-state index contributed by atoms with van der Waals surface area (Å²) in [5.74, 6) is -0.521. The van der Waals surface area contributed by atoms with Crippen LogP contribution in [0.1, 0.15) is 0 Å². The predicted octanol–water partition coefficient (Wildman–Crippen LogP) is 1.57. The summed E-state index contributed by atoms with van der Waals surface area (Å²) in [5, 5.41) is 8.32. The minimum atomic E-state index is -0.521. The maximum Gasteiger partial charge on any atom is 0.128 e.